The SMILES string of the molecule is C=C(C=O)[C@H](CCCCC)O[Si](CC)(CC)CC. The van der Waals surface area contributed by atoms with E-state index in [9.17, 15) is 4.79 Å². The number of carbonyl (C=O) groups excluding carboxylic acids is 1. The largest absolute Gasteiger partial charge is 0.410 e. The highest BCUT2D eigenvalue weighted by molar-refractivity contribution is 6.73. The van der Waals surface area contributed by atoms with E-state index >= 15 is 0 Å². The van der Waals surface area contributed by atoms with Crippen molar-refractivity contribution < 1.29 is 9.22 Å². The summed E-state index contributed by atoms with van der Waals surface area (Å²) in [6.45, 7) is 12.7. The summed E-state index contributed by atoms with van der Waals surface area (Å²) in [7, 11) is -1.64. The third-order valence-corrected chi connectivity index (χ3v) is 8.61. The van der Waals surface area contributed by atoms with Crippen LogP contribution in [-0.4, -0.2) is 20.7 Å². The van der Waals surface area contributed by atoms with Gasteiger partial charge >= 0.3 is 0 Å². The summed E-state index contributed by atoms with van der Waals surface area (Å²) in [4.78, 5) is 11.0. The monoisotopic (exact) mass is 270 g/mol. The molecule has 0 unspecified atom stereocenters. The molecule has 0 N–H and O–H groups in total. The maximum atomic E-state index is 11.0. The summed E-state index contributed by atoms with van der Waals surface area (Å²) < 4.78 is 6.39. The van der Waals surface area contributed by atoms with Gasteiger partial charge in [-0.25, -0.2) is 0 Å². The van der Waals surface area contributed by atoms with E-state index in [4.69, 9.17) is 4.43 Å². The van der Waals surface area contributed by atoms with Gasteiger partial charge in [0.15, 0.2) is 8.32 Å². The molecule has 0 saturated carbocycles. The van der Waals surface area contributed by atoms with Crippen LogP contribution in [-0.2, 0) is 9.22 Å². The van der Waals surface area contributed by atoms with Gasteiger partial charge in [0, 0.05) is 5.57 Å². The molecule has 0 saturated heterocycles. The first-order chi connectivity index (χ1) is 8.59. The topological polar surface area (TPSA) is 26.3 Å². The fourth-order valence-electron chi connectivity index (χ4n) is 2.28. The van der Waals surface area contributed by atoms with Crippen molar-refractivity contribution >= 4 is 14.6 Å². The number of aldehydes is 1. The zero-order chi connectivity index (χ0) is 14.0. The summed E-state index contributed by atoms with van der Waals surface area (Å²) in [5.74, 6) is 0. The fourth-order valence-corrected chi connectivity index (χ4v) is 5.15. The highest BCUT2D eigenvalue weighted by Crippen LogP contribution is 2.27. The van der Waals surface area contributed by atoms with Gasteiger partial charge in [0.1, 0.15) is 6.29 Å². The van der Waals surface area contributed by atoms with E-state index < -0.39 is 8.32 Å². The Kier molecular flexibility index (Phi) is 9.29. The normalized spacial score (nSPS) is 13.3. The highest BCUT2D eigenvalue weighted by Gasteiger charge is 2.32. The molecule has 0 aliphatic heterocycles. The van der Waals surface area contributed by atoms with Gasteiger partial charge in [-0.3, -0.25) is 4.79 Å². The molecule has 0 aliphatic rings. The Balaban J connectivity index is 4.64. The second-order valence-corrected chi connectivity index (χ2v) is 9.76. The van der Waals surface area contributed by atoms with Crippen molar-refractivity contribution in [1.82, 2.24) is 0 Å². The summed E-state index contributed by atoms with van der Waals surface area (Å²) in [5, 5.41) is 0. The van der Waals surface area contributed by atoms with Gasteiger partial charge in [-0.05, 0) is 24.6 Å². The van der Waals surface area contributed by atoms with Crippen molar-refractivity contribution in [3.8, 4) is 0 Å². The van der Waals surface area contributed by atoms with Crippen LogP contribution in [0.25, 0.3) is 0 Å². The van der Waals surface area contributed by atoms with E-state index in [-0.39, 0.29) is 6.10 Å². The molecule has 0 rings (SSSR count). The minimum atomic E-state index is -1.64. The predicted octanol–water partition coefficient (Wildman–Crippen LogP) is 4.71. The minimum Gasteiger partial charge on any atom is -0.410 e. The molecule has 0 fully saturated rings. The molecule has 2 nitrogen and oxygen atoms in total. The maximum Gasteiger partial charge on any atom is 0.192 e. The lowest BCUT2D eigenvalue weighted by Crippen LogP contribution is -2.40. The Morgan fingerprint density at radius 2 is 1.72 bits per heavy atom. The van der Waals surface area contributed by atoms with Crippen molar-refractivity contribution in [2.75, 3.05) is 0 Å². The Morgan fingerprint density at radius 1 is 1.17 bits per heavy atom. The van der Waals surface area contributed by atoms with Crippen molar-refractivity contribution in [3.63, 3.8) is 0 Å². The average molecular weight is 270 g/mol. The lowest BCUT2D eigenvalue weighted by molar-refractivity contribution is -0.105. The van der Waals surface area contributed by atoms with Gasteiger partial charge in [-0.2, -0.15) is 0 Å². The predicted molar refractivity (Wildman–Crippen MR) is 81.4 cm³/mol. The van der Waals surface area contributed by atoms with Gasteiger partial charge < -0.3 is 4.43 Å². The molecule has 0 aromatic carbocycles. The molecule has 0 aliphatic carbocycles. The van der Waals surface area contributed by atoms with Gasteiger partial charge in [0.05, 0.1) is 6.10 Å². The van der Waals surface area contributed by atoms with Crippen molar-refractivity contribution in [1.29, 1.82) is 0 Å². The smallest absolute Gasteiger partial charge is 0.192 e. The summed E-state index contributed by atoms with van der Waals surface area (Å²) >= 11 is 0. The first-order valence-corrected chi connectivity index (χ1v) is 9.93. The highest BCUT2D eigenvalue weighted by atomic mass is 28.4. The van der Waals surface area contributed by atoms with Gasteiger partial charge in [-0.15, -0.1) is 0 Å². The number of rotatable bonds is 11. The molecule has 0 bridgehead atoms. The molecule has 106 valence electrons. The van der Waals surface area contributed by atoms with E-state index in [0.29, 0.717) is 5.57 Å². The summed E-state index contributed by atoms with van der Waals surface area (Å²) in [6, 6.07) is 3.36. The first-order valence-electron chi connectivity index (χ1n) is 7.40. The van der Waals surface area contributed by atoms with E-state index in [1.54, 1.807) is 0 Å². The van der Waals surface area contributed by atoms with Crippen LogP contribution in [0.2, 0.25) is 18.1 Å². The van der Waals surface area contributed by atoms with Crippen LogP contribution in [0.3, 0.4) is 0 Å². The molecule has 3 heteroatoms. The lowest BCUT2D eigenvalue weighted by Gasteiger charge is -2.33. The van der Waals surface area contributed by atoms with Crippen molar-refractivity contribution in [3.05, 3.63) is 12.2 Å². The second-order valence-electron chi connectivity index (χ2n) is 5.04. The summed E-state index contributed by atoms with van der Waals surface area (Å²) in [5.41, 5.74) is 0.623. The fraction of sp³-hybridized carbons (Fsp3) is 0.800. The molecular weight excluding hydrogens is 240 g/mol. The van der Waals surface area contributed by atoms with Crippen LogP contribution in [0.5, 0.6) is 0 Å². The number of hydrogen-bond acceptors (Lipinski definition) is 2. The number of carbonyl (C=O) groups is 1. The van der Waals surface area contributed by atoms with E-state index in [1.165, 1.54) is 12.8 Å². The number of hydrogen-bond donors (Lipinski definition) is 0. The quantitative estimate of drug-likeness (QED) is 0.235. The van der Waals surface area contributed by atoms with Crippen LogP contribution >= 0.6 is 0 Å². The van der Waals surface area contributed by atoms with Crippen molar-refractivity contribution in [2.24, 2.45) is 0 Å². The minimum absolute atomic E-state index is 0.0411. The molecule has 0 heterocycles. The van der Waals surface area contributed by atoms with Crippen LogP contribution in [0.15, 0.2) is 12.2 Å². The molecular formula is C15H30O2Si. The Labute approximate surface area is 114 Å². The molecule has 0 amide bonds. The third kappa shape index (κ3) is 5.49. The van der Waals surface area contributed by atoms with E-state index in [1.807, 2.05) is 0 Å². The van der Waals surface area contributed by atoms with E-state index in [2.05, 4.69) is 34.3 Å². The third-order valence-electron chi connectivity index (χ3n) is 3.96. The molecule has 18 heavy (non-hydrogen) atoms. The lowest BCUT2D eigenvalue weighted by atomic mass is 10.1. The van der Waals surface area contributed by atoms with Crippen LogP contribution < -0.4 is 0 Å². The zero-order valence-corrected chi connectivity index (χ0v) is 13.6. The Morgan fingerprint density at radius 3 is 2.11 bits per heavy atom. The zero-order valence-electron chi connectivity index (χ0n) is 12.6. The van der Waals surface area contributed by atoms with Gasteiger partial charge in [-0.1, -0.05) is 53.5 Å². The van der Waals surface area contributed by atoms with Gasteiger partial charge in [0.25, 0.3) is 0 Å². The van der Waals surface area contributed by atoms with Crippen LogP contribution in [0, 0.1) is 0 Å². The number of unbranched alkanes of at least 4 members (excludes halogenated alkanes) is 2. The standard InChI is InChI=1S/C15H30O2Si/c1-6-10-11-12-15(14(5)13-16)17-18(7-2,8-3)9-4/h13,15H,5-12H2,1-4H3/t15-/m0/s1. The molecule has 0 radical (unpaired) electrons. The van der Waals surface area contributed by atoms with Crippen LogP contribution in [0.4, 0.5) is 0 Å². The second kappa shape index (κ2) is 9.51. The average Bonchev–Trinajstić information content (AvgIpc) is 2.42. The van der Waals surface area contributed by atoms with Crippen molar-refractivity contribution in [2.45, 2.75) is 77.6 Å². The van der Waals surface area contributed by atoms with Gasteiger partial charge in [0.2, 0.25) is 0 Å². The summed E-state index contributed by atoms with van der Waals surface area (Å²) in [6.07, 6.45) is 5.29. The molecule has 0 spiro atoms. The Hall–Kier alpha value is -0.413. The Bertz CT molecular complexity index is 239. The van der Waals surface area contributed by atoms with E-state index in [0.717, 1.165) is 37.3 Å². The first kappa shape index (κ1) is 17.6. The molecule has 1 atom stereocenters. The maximum absolute atomic E-state index is 11.0. The van der Waals surface area contributed by atoms with Crippen LogP contribution in [0.1, 0.15) is 53.4 Å². The molecule has 0 aromatic rings. The molecule has 0 aromatic heterocycles.